The van der Waals surface area contributed by atoms with Gasteiger partial charge >= 0.3 is 0 Å². The van der Waals surface area contributed by atoms with Gasteiger partial charge in [-0.15, -0.1) is 24.8 Å². The number of amides is 1. The second-order valence-corrected chi connectivity index (χ2v) is 6.46. The molecule has 0 aliphatic carbocycles. The second-order valence-electron chi connectivity index (χ2n) is 6.46. The number of aromatic nitrogens is 1. The van der Waals surface area contributed by atoms with Gasteiger partial charge in [-0.05, 0) is 43.2 Å². The smallest absolute Gasteiger partial charge is 0.237 e. The molecule has 1 aromatic heterocycles. The maximum atomic E-state index is 12.2. The molecule has 0 radical (unpaired) electrons. The fourth-order valence-electron chi connectivity index (χ4n) is 2.81. The highest BCUT2D eigenvalue weighted by atomic mass is 35.5. The van der Waals surface area contributed by atoms with Gasteiger partial charge in [-0.1, -0.05) is 13.0 Å². The number of hydrogen-bond acceptors (Lipinski definition) is 6. The number of hydrogen-bond donors (Lipinski definition) is 3. The zero-order valence-electron chi connectivity index (χ0n) is 16.2. The number of ether oxygens (including phenoxy) is 2. The van der Waals surface area contributed by atoms with Gasteiger partial charge in [0.1, 0.15) is 11.5 Å². The third kappa shape index (κ3) is 7.36. The van der Waals surface area contributed by atoms with Crippen LogP contribution in [0.2, 0.25) is 0 Å². The van der Waals surface area contributed by atoms with Gasteiger partial charge in [-0.2, -0.15) is 0 Å². The molecule has 3 rings (SSSR count). The van der Waals surface area contributed by atoms with Crippen LogP contribution in [0.5, 0.6) is 17.4 Å². The number of aliphatic hydroxyl groups excluding tert-OH is 1. The van der Waals surface area contributed by atoms with Crippen LogP contribution in [0.3, 0.4) is 0 Å². The molecule has 1 fully saturated rings. The fourth-order valence-corrected chi connectivity index (χ4v) is 2.81. The Hall–Kier alpha value is -2.06. The first-order valence-corrected chi connectivity index (χ1v) is 9.19. The summed E-state index contributed by atoms with van der Waals surface area (Å²) in [5.74, 6) is 1.74. The predicted octanol–water partition coefficient (Wildman–Crippen LogP) is 2.85. The van der Waals surface area contributed by atoms with Gasteiger partial charge in [0.05, 0.1) is 18.8 Å². The third-order valence-corrected chi connectivity index (χ3v) is 4.24. The standard InChI is InChI=1S/C20H25N3O4.2ClH/c1-2-10-26-16-5-7-17(8-6-16)27-20-14(4-3-9-21-20)12-23-19(25)18-11-15(24)13-22-18;;/h3-9,15,18,22,24H,2,10-13H2,1H3,(H,23,25);2*1H. The second kappa shape index (κ2) is 12.5. The molecule has 3 N–H and O–H groups in total. The van der Waals surface area contributed by atoms with Crippen LogP contribution < -0.4 is 20.1 Å². The largest absolute Gasteiger partial charge is 0.494 e. The lowest BCUT2D eigenvalue weighted by molar-refractivity contribution is -0.123. The Bertz CT molecular complexity index is 762. The number of rotatable bonds is 8. The molecule has 29 heavy (non-hydrogen) atoms. The summed E-state index contributed by atoms with van der Waals surface area (Å²) in [5, 5.41) is 15.4. The number of nitrogens with one attached hydrogen (secondary N) is 2. The van der Waals surface area contributed by atoms with E-state index in [1.807, 2.05) is 30.3 Å². The lowest BCUT2D eigenvalue weighted by Gasteiger charge is -2.13. The molecule has 0 bridgehead atoms. The number of carbonyl (C=O) groups excluding carboxylic acids is 1. The molecule has 0 spiro atoms. The molecule has 160 valence electrons. The van der Waals surface area contributed by atoms with E-state index < -0.39 is 6.10 Å². The number of carbonyl (C=O) groups is 1. The number of halogens is 2. The quantitative estimate of drug-likeness (QED) is 0.580. The monoisotopic (exact) mass is 443 g/mol. The average molecular weight is 444 g/mol. The number of benzene rings is 1. The summed E-state index contributed by atoms with van der Waals surface area (Å²) >= 11 is 0. The van der Waals surface area contributed by atoms with Crippen LogP contribution in [0, 0.1) is 0 Å². The highest BCUT2D eigenvalue weighted by molar-refractivity contribution is 5.85. The summed E-state index contributed by atoms with van der Waals surface area (Å²) in [5.41, 5.74) is 0.774. The topological polar surface area (TPSA) is 92.7 Å². The summed E-state index contributed by atoms with van der Waals surface area (Å²) < 4.78 is 11.4. The Kier molecular flexibility index (Phi) is 10.8. The van der Waals surface area contributed by atoms with E-state index in [0.717, 1.165) is 17.7 Å². The van der Waals surface area contributed by atoms with Crippen LogP contribution in [0.25, 0.3) is 0 Å². The third-order valence-electron chi connectivity index (χ3n) is 4.24. The molecular weight excluding hydrogens is 417 g/mol. The Morgan fingerprint density at radius 3 is 2.62 bits per heavy atom. The van der Waals surface area contributed by atoms with Crippen molar-refractivity contribution in [3.05, 3.63) is 48.2 Å². The Labute approximate surface area is 183 Å². The number of nitrogens with zero attached hydrogens (tertiary/aromatic N) is 1. The number of β-amino-alcohol motifs (C(OH)–C–C–N with tert-alkyl or cyclic N) is 1. The van der Waals surface area contributed by atoms with E-state index in [9.17, 15) is 9.90 Å². The SMILES string of the molecule is CCCOc1ccc(Oc2ncccc2CNC(=O)C2CC(O)CN2)cc1.Cl.Cl. The molecule has 1 aromatic carbocycles. The van der Waals surface area contributed by atoms with Gasteiger partial charge in [0.2, 0.25) is 11.8 Å². The van der Waals surface area contributed by atoms with Crippen molar-refractivity contribution in [3.8, 4) is 17.4 Å². The first kappa shape index (κ1) is 25.0. The molecule has 2 aromatic rings. The van der Waals surface area contributed by atoms with Crippen molar-refractivity contribution >= 4 is 30.7 Å². The van der Waals surface area contributed by atoms with Crippen molar-refractivity contribution in [1.29, 1.82) is 0 Å². The van der Waals surface area contributed by atoms with Crippen LogP contribution in [0.1, 0.15) is 25.3 Å². The fraction of sp³-hybridized carbons (Fsp3) is 0.400. The van der Waals surface area contributed by atoms with E-state index in [2.05, 4.69) is 22.5 Å². The maximum absolute atomic E-state index is 12.2. The first-order chi connectivity index (χ1) is 13.2. The maximum Gasteiger partial charge on any atom is 0.237 e. The summed E-state index contributed by atoms with van der Waals surface area (Å²) in [6, 6.07) is 10.7. The molecule has 1 amide bonds. The van der Waals surface area contributed by atoms with E-state index in [4.69, 9.17) is 9.47 Å². The molecule has 2 atom stereocenters. The highest BCUT2D eigenvalue weighted by Crippen LogP contribution is 2.25. The van der Waals surface area contributed by atoms with Gasteiger partial charge in [0, 0.05) is 24.8 Å². The first-order valence-electron chi connectivity index (χ1n) is 9.19. The minimum Gasteiger partial charge on any atom is -0.494 e. The van der Waals surface area contributed by atoms with Crippen LogP contribution in [0.4, 0.5) is 0 Å². The van der Waals surface area contributed by atoms with Gasteiger partial charge in [-0.25, -0.2) is 4.98 Å². The normalized spacial score (nSPS) is 17.6. The van der Waals surface area contributed by atoms with Crippen molar-refractivity contribution in [2.24, 2.45) is 0 Å². The van der Waals surface area contributed by atoms with Gasteiger partial charge in [0.15, 0.2) is 0 Å². The minimum atomic E-state index is -0.470. The van der Waals surface area contributed by atoms with E-state index in [-0.39, 0.29) is 36.8 Å². The lowest BCUT2D eigenvalue weighted by atomic mass is 10.2. The van der Waals surface area contributed by atoms with E-state index in [1.165, 1.54) is 0 Å². The molecular formula is C20H27Cl2N3O4. The van der Waals surface area contributed by atoms with Gasteiger partial charge in [-0.3, -0.25) is 4.79 Å². The van der Waals surface area contributed by atoms with Crippen molar-refractivity contribution in [2.75, 3.05) is 13.2 Å². The molecule has 2 unspecified atom stereocenters. The molecule has 9 heteroatoms. The van der Waals surface area contributed by atoms with E-state index >= 15 is 0 Å². The van der Waals surface area contributed by atoms with Crippen LogP contribution in [0.15, 0.2) is 42.6 Å². The van der Waals surface area contributed by atoms with Crippen molar-refractivity contribution < 1.29 is 19.4 Å². The molecule has 7 nitrogen and oxygen atoms in total. The summed E-state index contributed by atoms with van der Waals surface area (Å²) in [6.07, 6.45) is 2.56. The van der Waals surface area contributed by atoms with Crippen molar-refractivity contribution in [2.45, 2.75) is 38.5 Å². The molecule has 0 saturated carbocycles. The predicted molar refractivity (Wildman–Crippen MR) is 115 cm³/mol. The zero-order valence-corrected chi connectivity index (χ0v) is 17.8. The van der Waals surface area contributed by atoms with E-state index in [1.54, 1.807) is 12.3 Å². The molecule has 1 aliphatic rings. The van der Waals surface area contributed by atoms with Crippen LogP contribution >= 0.6 is 24.8 Å². The summed E-state index contributed by atoms with van der Waals surface area (Å²) in [4.78, 5) is 16.5. The van der Waals surface area contributed by atoms with Crippen LogP contribution in [-0.4, -0.2) is 41.3 Å². The Morgan fingerprint density at radius 2 is 1.97 bits per heavy atom. The Balaban J connectivity index is 0.00000210. The molecule has 1 aliphatic heterocycles. The van der Waals surface area contributed by atoms with Crippen molar-refractivity contribution in [1.82, 2.24) is 15.6 Å². The lowest BCUT2D eigenvalue weighted by Crippen LogP contribution is -2.40. The average Bonchev–Trinajstić information content (AvgIpc) is 3.13. The van der Waals surface area contributed by atoms with Gasteiger partial charge in [0.25, 0.3) is 0 Å². The van der Waals surface area contributed by atoms with E-state index in [0.29, 0.717) is 37.7 Å². The molecule has 1 saturated heterocycles. The molecule has 2 heterocycles. The highest BCUT2D eigenvalue weighted by Gasteiger charge is 2.27. The minimum absolute atomic E-state index is 0. The summed E-state index contributed by atoms with van der Waals surface area (Å²) in [6.45, 7) is 3.48. The summed E-state index contributed by atoms with van der Waals surface area (Å²) in [7, 11) is 0. The van der Waals surface area contributed by atoms with Gasteiger partial charge < -0.3 is 25.2 Å². The zero-order chi connectivity index (χ0) is 19.1. The number of pyridine rings is 1. The number of aliphatic hydroxyl groups is 1. The Morgan fingerprint density at radius 1 is 1.24 bits per heavy atom. The van der Waals surface area contributed by atoms with Crippen LogP contribution in [-0.2, 0) is 11.3 Å². The van der Waals surface area contributed by atoms with Crippen molar-refractivity contribution in [3.63, 3.8) is 0 Å².